The van der Waals surface area contributed by atoms with E-state index in [4.69, 9.17) is 16.3 Å². The van der Waals surface area contributed by atoms with E-state index in [-0.39, 0.29) is 26.7 Å². The number of ether oxygens (including phenoxy) is 1. The molecule has 1 aliphatic rings. The molecule has 7 nitrogen and oxygen atoms in total. The Kier molecular flexibility index (Phi) is 5.48. The average Bonchev–Trinajstić information content (AvgIpc) is 3.46. The molecule has 0 bridgehead atoms. The Balaban J connectivity index is 1.64. The van der Waals surface area contributed by atoms with Gasteiger partial charge in [-0.3, -0.25) is 9.89 Å². The third-order valence-electron chi connectivity index (χ3n) is 4.60. The standard InChI is InChI=1S/C20H17ClFN3O4S/c21-13-3-8-17(16(22)11-13)29-19(20(26)24-18-9-10-23-25-18)12-1-4-14(5-2-12)30(27,28)15-6-7-15/h1-5,8-11,15,19H,6-7H2,(H2,23,24,25,26). The van der Waals surface area contributed by atoms with Crippen LogP contribution < -0.4 is 10.1 Å². The fourth-order valence-corrected chi connectivity index (χ4v) is 4.71. The largest absolute Gasteiger partial charge is 0.473 e. The van der Waals surface area contributed by atoms with Crippen molar-refractivity contribution in [3.63, 3.8) is 0 Å². The minimum atomic E-state index is -3.37. The van der Waals surface area contributed by atoms with E-state index in [1.807, 2.05) is 0 Å². The number of aromatic nitrogens is 2. The lowest BCUT2D eigenvalue weighted by molar-refractivity contribution is -0.123. The Bertz CT molecular complexity index is 1160. The predicted molar refractivity (Wildman–Crippen MR) is 109 cm³/mol. The normalized spacial score (nSPS) is 14.9. The number of benzene rings is 2. The molecule has 1 heterocycles. The average molecular weight is 450 g/mol. The van der Waals surface area contributed by atoms with E-state index < -0.39 is 27.7 Å². The van der Waals surface area contributed by atoms with Gasteiger partial charge in [0.15, 0.2) is 27.2 Å². The molecule has 2 N–H and O–H groups in total. The van der Waals surface area contributed by atoms with Crippen molar-refractivity contribution in [2.45, 2.75) is 29.1 Å². The molecule has 1 aliphatic carbocycles. The monoisotopic (exact) mass is 449 g/mol. The number of amides is 1. The van der Waals surface area contributed by atoms with Crippen LogP contribution in [0, 0.1) is 5.82 Å². The van der Waals surface area contributed by atoms with Gasteiger partial charge < -0.3 is 10.1 Å². The number of carbonyl (C=O) groups is 1. The highest BCUT2D eigenvalue weighted by molar-refractivity contribution is 7.92. The lowest BCUT2D eigenvalue weighted by atomic mass is 10.1. The molecule has 0 spiro atoms. The molecule has 1 fully saturated rings. The molecule has 0 saturated heterocycles. The van der Waals surface area contributed by atoms with Crippen LogP contribution in [-0.2, 0) is 14.6 Å². The van der Waals surface area contributed by atoms with Crippen molar-refractivity contribution in [3.05, 3.63) is 71.1 Å². The molecule has 4 rings (SSSR count). The Morgan fingerprint density at radius 2 is 1.93 bits per heavy atom. The summed E-state index contributed by atoms with van der Waals surface area (Å²) in [6.07, 6.45) is 1.58. The van der Waals surface area contributed by atoms with Gasteiger partial charge in [-0.1, -0.05) is 23.7 Å². The molecule has 10 heteroatoms. The summed E-state index contributed by atoms with van der Waals surface area (Å²) >= 11 is 5.78. The maximum atomic E-state index is 14.2. The van der Waals surface area contributed by atoms with E-state index in [2.05, 4.69) is 15.5 Å². The second-order valence-electron chi connectivity index (χ2n) is 6.83. The van der Waals surface area contributed by atoms with Crippen LogP contribution >= 0.6 is 11.6 Å². The maximum absolute atomic E-state index is 14.2. The van der Waals surface area contributed by atoms with Crippen molar-refractivity contribution < 1.29 is 22.3 Å². The third-order valence-corrected chi connectivity index (χ3v) is 7.12. The quantitative estimate of drug-likeness (QED) is 0.569. The Morgan fingerprint density at radius 3 is 2.53 bits per heavy atom. The number of hydrogen-bond donors (Lipinski definition) is 2. The summed E-state index contributed by atoms with van der Waals surface area (Å²) < 4.78 is 44.7. The van der Waals surface area contributed by atoms with E-state index in [0.717, 1.165) is 6.07 Å². The first-order chi connectivity index (χ1) is 14.3. The van der Waals surface area contributed by atoms with Crippen LogP contribution in [0.4, 0.5) is 10.2 Å². The Hall–Kier alpha value is -2.91. The zero-order valence-electron chi connectivity index (χ0n) is 15.5. The second-order valence-corrected chi connectivity index (χ2v) is 9.50. The van der Waals surface area contributed by atoms with E-state index >= 15 is 0 Å². The van der Waals surface area contributed by atoms with Crippen LogP contribution in [0.15, 0.2) is 59.6 Å². The number of aromatic amines is 1. The lowest BCUT2D eigenvalue weighted by Crippen LogP contribution is -2.26. The number of anilines is 1. The van der Waals surface area contributed by atoms with Gasteiger partial charge in [-0.2, -0.15) is 5.10 Å². The van der Waals surface area contributed by atoms with Gasteiger partial charge in [0.05, 0.1) is 10.1 Å². The molecule has 2 aromatic carbocycles. The highest BCUT2D eigenvalue weighted by Gasteiger charge is 2.37. The van der Waals surface area contributed by atoms with E-state index in [9.17, 15) is 17.6 Å². The van der Waals surface area contributed by atoms with Gasteiger partial charge in [0.1, 0.15) is 0 Å². The third kappa shape index (κ3) is 4.31. The van der Waals surface area contributed by atoms with Crippen LogP contribution in [0.2, 0.25) is 5.02 Å². The minimum Gasteiger partial charge on any atom is -0.473 e. The molecule has 1 unspecified atom stereocenters. The summed E-state index contributed by atoms with van der Waals surface area (Å²) in [5, 5.41) is 8.84. The van der Waals surface area contributed by atoms with Gasteiger partial charge >= 0.3 is 0 Å². The molecule has 156 valence electrons. The number of rotatable bonds is 7. The fraction of sp³-hybridized carbons (Fsp3) is 0.200. The molecule has 1 saturated carbocycles. The Morgan fingerprint density at radius 1 is 1.20 bits per heavy atom. The first-order valence-corrected chi connectivity index (χ1v) is 11.0. The van der Waals surface area contributed by atoms with Gasteiger partial charge in [-0.05, 0) is 43.2 Å². The van der Waals surface area contributed by atoms with Gasteiger partial charge in [0.2, 0.25) is 6.10 Å². The van der Waals surface area contributed by atoms with Gasteiger partial charge in [0, 0.05) is 22.8 Å². The van der Waals surface area contributed by atoms with Gasteiger partial charge in [-0.15, -0.1) is 0 Å². The number of sulfone groups is 1. The SMILES string of the molecule is O=C(Nc1cc[nH]n1)C(Oc1ccc(Cl)cc1F)c1ccc(S(=O)(=O)C2CC2)cc1. The highest BCUT2D eigenvalue weighted by Crippen LogP contribution is 2.34. The number of hydrogen-bond acceptors (Lipinski definition) is 5. The molecule has 1 amide bonds. The molecule has 1 aromatic heterocycles. The van der Waals surface area contributed by atoms with Crippen LogP contribution in [-0.4, -0.2) is 29.8 Å². The van der Waals surface area contributed by atoms with E-state index in [1.165, 1.54) is 42.6 Å². The van der Waals surface area contributed by atoms with Crippen molar-refractivity contribution in [3.8, 4) is 5.75 Å². The number of carbonyl (C=O) groups excluding carboxylic acids is 1. The molecule has 0 radical (unpaired) electrons. The van der Waals surface area contributed by atoms with Crippen molar-refractivity contribution >= 4 is 33.2 Å². The van der Waals surface area contributed by atoms with Crippen LogP contribution in [0.5, 0.6) is 5.75 Å². The predicted octanol–water partition coefficient (Wildman–Crippen LogP) is 3.90. The summed E-state index contributed by atoms with van der Waals surface area (Å²) in [5.74, 6) is -1.24. The van der Waals surface area contributed by atoms with Gasteiger partial charge in [0.25, 0.3) is 5.91 Å². The van der Waals surface area contributed by atoms with Crippen LogP contribution in [0.25, 0.3) is 0 Å². The van der Waals surface area contributed by atoms with Gasteiger partial charge in [-0.25, -0.2) is 12.8 Å². The molecule has 30 heavy (non-hydrogen) atoms. The molecule has 3 aromatic rings. The zero-order valence-corrected chi connectivity index (χ0v) is 17.1. The number of nitrogens with zero attached hydrogens (tertiary/aromatic N) is 1. The van der Waals surface area contributed by atoms with Crippen molar-refractivity contribution in [2.75, 3.05) is 5.32 Å². The number of H-pyrrole nitrogens is 1. The first-order valence-electron chi connectivity index (χ1n) is 9.11. The van der Waals surface area contributed by atoms with Crippen molar-refractivity contribution in [1.29, 1.82) is 0 Å². The maximum Gasteiger partial charge on any atom is 0.271 e. The highest BCUT2D eigenvalue weighted by atomic mass is 35.5. The number of nitrogens with one attached hydrogen (secondary N) is 2. The smallest absolute Gasteiger partial charge is 0.271 e. The summed E-state index contributed by atoms with van der Waals surface area (Å²) in [6.45, 7) is 0. The minimum absolute atomic E-state index is 0.170. The topological polar surface area (TPSA) is 101 Å². The molecular formula is C20H17ClFN3O4S. The Labute approximate surface area is 177 Å². The zero-order chi connectivity index (χ0) is 21.3. The first kappa shape index (κ1) is 20.4. The van der Waals surface area contributed by atoms with Crippen molar-refractivity contribution in [1.82, 2.24) is 10.2 Å². The molecule has 1 atom stereocenters. The molecule has 0 aliphatic heterocycles. The summed E-state index contributed by atoms with van der Waals surface area (Å²) in [7, 11) is -3.37. The second kappa shape index (κ2) is 8.08. The fourth-order valence-electron chi connectivity index (χ4n) is 2.90. The van der Waals surface area contributed by atoms with Crippen molar-refractivity contribution in [2.24, 2.45) is 0 Å². The van der Waals surface area contributed by atoms with Crippen LogP contribution in [0.1, 0.15) is 24.5 Å². The van der Waals surface area contributed by atoms with E-state index in [1.54, 1.807) is 6.07 Å². The summed E-state index contributed by atoms with van der Waals surface area (Å²) in [4.78, 5) is 13.0. The van der Waals surface area contributed by atoms with E-state index in [0.29, 0.717) is 18.4 Å². The number of halogens is 2. The summed E-state index contributed by atoms with van der Waals surface area (Å²) in [6, 6.07) is 11.2. The molecular weight excluding hydrogens is 433 g/mol. The van der Waals surface area contributed by atoms with Crippen LogP contribution in [0.3, 0.4) is 0 Å². The summed E-state index contributed by atoms with van der Waals surface area (Å²) in [5.41, 5.74) is 0.354. The lowest BCUT2D eigenvalue weighted by Gasteiger charge is -2.19.